The fraction of sp³-hybridized carbons (Fsp3) is 0.438. The highest BCUT2D eigenvalue weighted by molar-refractivity contribution is 5.89. The van der Waals surface area contributed by atoms with Crippen molar-refractivity contribution in [2.75, 3.05) is 6.54 Å². The van der Waals surface area contributed by atoms with Crippen molar-refractivity contribution in [3.63, 3.8) is 0 Å². The van der Waals surface area contributed by atoms with E-state index in [9.17, 15) is 4.79 Å². The van der Waals surface area contributed by atoms with E-state index in [1.165, 1.54) is 0 Å². The lowest BCUT2D eigenvalue weighted by Crippen LogP contribution is -2.54. The van der Waals surface area contributed by atoms with E-state index in [1.807, 2.05) is 32.0 Å². The fourth-order valence-electron chi connectivity index (χ4n) is 2.44. The van der Waals surface area contributed by atoms with Gasteiger partial charge in [0, 0.05) is 24.9 Å². The van der Waals surface area contributed by atoms with Gasteiger partial charge >= 0.3 is 5.97 Å². The molecule has 1 aliphatic heterocycles. The normalized spacial score (nSPS) is 30.4. The predicted molar refractivity (Wildman–Crippen MR) is 74.7 cm³/mol. The van der Waals surface area contributed by atoms with E-state index in [2.05, 4.69) is 11.2 Å². The van der Waals surface area contributed by atoms with Gasteiger partial charge in [-0.2, -0.15) is 0 Å². The highest BCUT2D eigenvalue weighted by Crippen LogP contribution is 2.31. The first kappa shape index (κ1) is 13.6. The van der Waals surface area contributed by atoms with Gasteiger partial charge in [-0.3, -0.25) is 0 Å². The van der Waals surface area contributed by atoms with Crippen molar-refractivity contribution in [3.05, 3.63) is 35.9 Å². The van der Waals surface area contributed by atoms with E-state index in [4.69, 9.17) is 11.2 Å². The van der Waals surface area contributed by atoms with Crippen molar-refractivity contribution in [2.24, 2.45) is 5.92 Å². The lowest BCUT2D eigenvalue weighted by atomic mass is 9.80. The van der Waals surface area contributed by atoms with Gasteiger partial charge in [-0.15, -0.1) is 6.42 Å². The average molecular weight is 257 g/mol. The van der Waals surface area contributed by atoms with Crippen LogP contribution in [0.5, 0.6) is 0 Å². The maximum absolute atomic E-state index is 12.2. The van der Waals surface area contributed by atoms with Crippen LogP contribution in [-0.4, -0.2) is 24.2 Å². The van der Waals surface area contributed by atoms with Crippen LogP contribution in [0.4, 0.5) is 0 Å². The Morgan fingerprint density at radius 3 is 2.74 bits per heavy atom. The molecule has 1 fully saturated rings. The van der Waals surface area contributed by atoms with Crippen LogP contribution in [0, 0.1) is 18.3 Å². The Bertz CT molecular complexity index is 491. The summed E-state index contributed by atoms with van der Waals surface area (Å²) >= 11 is 0. The van der Waals surface area contributed by atoms with Gasteiger partial charge in [0.1, 0.15) is 0 Å². The average Bonchev–Trinajstić information content (AvgIpc) is 2.43. The molecule has 1 saturated heterocycles. The van der Waals surface area contributed by atoms with E-state index in [1.54, 1.807) is 12.1 Å². The number of carbonyl (C=O) groups excluding carboxylic acids is 1. The van der Waals surface area contributed by atoms with Crippen molar-refractivity contribution >= 4 is 5.97 Å². The molecule has 0 bridgehead atoms. The lowest BCUT2D eigenvalue weighted by molar-refractivity contribution is -0.0333. The Morgan fingerprint density at radius 2 is 2.11 bits per heavy atom. The molecule has 0 radical (unpaired) electrons. The van der Waals surface area contributed by atoms with E-state index in [0.717, 1.165) is 6.54 Å². The second kappa shape index (κ2) is 5.46. The van der Waals surface area contributed by atoms with E-state index in [0.29, 0.717) is 12.0 Å². The van der Waals surface area contributed by atoms with Crippen LogP contribution in [0.15, 0.2) is 30.3 Å². The highest BCUT2D eigenvalue weighted by atomic mass is 16.6. The SMILES string of the molecule is C#C[C@]1(OC(=O)c2ccccc2)C[C@@H](C)NC[C@@H]1C. The third-order valence-electron chi connectivity index (χ3n) is 3.71. The smallest absolute Gasteiger partial charge is 0.339 e. The minimum Gasteiger partial charge on any atom is -0.442 e. The summed E-state index contributed by atoms with van der Waals surface area (Å²) in [4.78, 5) is 12.2. The highest BCUT2D eigenvalue weighted by Gasteiger charge is 2.42. The topological polar surface area (TPSA) is 38.3 Å². The molecule has 1 heterocycles. The number of carbonyl (C=O) groups is 1. The Kier molecular flexibility index (Phi) is 3.92. The summed E-state index contributed by atoms with van der Waals surface area (Å²) in [6, 6.07) is 9.21. The van der Waals surface area contributed by atoms with Crippen molar-refractivity contribution in [3.8, 4) is 12.3 Å². The van der Waals surface area contributed by atoms with Gasteiger partial charge < -0.3 is 10.1 Å². The molecule has 0 amide bonds. The van der Waals surface area contributed by atoms with Gasteiger partial charge in [0.25, 0.3) is 0 Å². The maximum Gasteiger partial charge on any atom is 0.339 e. The first-order chi connectivity index (χ1) is 9.07. The van der Waals surface area contributed by atoms with E-state index < -0.39 is 5.60 Å². The zero-order valence-electron chi connectivity index (χ0n) is 11.3. The van der Waals surface area contributed by atoms with Crippen LogP contribution in [0.25, 0.3) is 0 Å². The Balaban J connectivity index is 2.19. The number of terminal acetylenes is 1. The quantitative estimate of drug-likeness (QED) is 0.652. The minimum absolute atomic E-state index is 0.0985. The summed E-state index contributed by atoms with van der Waals surface area (Å²) in [6.07, 6.45) is 6.30. The third kappa shape index (κ3) is 2.80. The molecule has 0 saturated carbocycles. The summed E-state index contributed by atoms with van der Waals surface area (Å²) < 4.78 is 5.68. The second-order valence-corrected chi connectivity index (χ2v) is 5.20. The summed E-state index contributed by atoms with van der Waals surface area (Å²) in [5.74, 6) is 2.47. The van der Waals surface area contributed by atoms with E-state index in [-0.39, 0.29) is 17.9 Å². The van der Waals surface area contributed by atoms with Gasteiger partial charge in [-0.05, 0) is 19.1 Å². The molecule has 3 nitrogen and oxygen atoms in total. The summed E-state index contributed by atoms with van der Waals surface area (Å²) in [5, 5.41) is 3.35. The predicted octanol–water partition coefficient (Wildman–Crippen LogP) is 2.23. The zero-order valence-corrected chi connectivity index (χ0v) is 11.3. The molecule has 0 aromatic heterocycles. The first-order valence-corrected chi connectivity index (χ1v) is 6.57. The molecule has 19 heavy (non-hydrogen) atoms. The van der Waals surface area contributed by atoms with Crippen LogP contribution >= 0.6 is 0 Å². The third-order valence-corrected chi connectivity index (χ3v) is 3.71. The molecule has 0 aliphatic carbocycles. The minimum atomic E-state index is -0.808. The Morgan fingerprint density at radius 1 is 1.42 bits per heavy atom. The van der Waals surface area contributed by atoms with Crippen LogP contribution < -0.4 is 5.32 Å². The van der Waals surface area contributed by atoms with E-state index >= 15 is 0 Å². The van der Waals surface area contributed by atoms with Gasteiger partial charge in [0.15, 0.2) is 5.60 Å². The number of benzene rings is 1. The maximum atomic E-state index is 12.2. The van der Waals surface area contributed by atoms with Crippen molar-refractivity contribution in [2.45, 2.75) is 31.9 Å². The lowest BCUT2D eigenvalue weighted by Gasteiger charge is -2.41. The van der Waals surface area contributed by atoms with Crippen LogP contribution in [0.1, 0.15) is 30.6 Å². The molecule has 0 unspecified atom stereocenters. The fourth-order valence-corrected chi connectivity index (χ4v) is 2.44. The van der Waals surface area contributed by atoms with Gasteiger partial charge in [-0.1, -0.05) is 31.0 Å². The molecule has 2 rings (SSSR count). The molecule has 1 aromatic rings. The molecular formula is C16H19NO2. The first-order valence-electron chi connectivity index (χ1n) is 6.57. The molecule has 3 heteroatoms. The number of hydrogen-bond acceptors (Lipinski definition) is 3. The number of rotatable bonds is 2. The Labute approximate surface area is 114 Å². The summed E-state index contributed by atoms with van der Waals surface area (Å²) in [6.45, 7) is 4.82. The van der Waals surface area contributed by atoms with Crippen LogP contribution in [-0.2, 0) is 4.74 Å². The molecule has 100 valence electrons. The second-order valence-electron chi connectivity index (χ2n) is 5.20. The van der Waals surface area contributed by atoms with Crippen molar-refractivity contribution in [1.82, 2.24) is 5.32 Å². The van der Waals surface area contributed by atoms with Gasteiger partial charge in [0.2, 0.25) is 0 Å². The standard InChI is InChI=1S/C16H19NO2/c1-4-16(10-13(3)17-11-12(16)2)19-15(18)14-8-6-5-7-9-14/h1,5-9,12-13,17H,10-11H2,2-3H3/t12-,13+,16-/m0/s1. The Hall–Kier alpha value is -1.79. The molecule has 1 aromatic carbocycles. The number of piperidine rings is 1. The molecule has 1 aliphatic rings. The molecule has 3 atom stereocenters. The monoisotopic (exact) mass is 257 g/mol. The number of ether oxygens (including phenoxy) is 1. The van der Waals surface area contributed by atoms with Crippen LogP contribution in [0.3, 0.4) is 0 Å². The van der Waals surface area contributed by atoms with Gasteiger partial charge in [-0.25, -0.2) is 4.79 Å². The van der Waals surface area contributed by atoms with Crippen molar-refractivity contribution < 1.29 is 9.53 Å². The number of nitrogens with one attached hydrogen (secondary N) is 1. The number of hydrogen-bond donors (Lipinski definition) is 1. The molecule has 1 N–H and O–H groups in total. The largest absolute Gasteiger partial charge is 0.442 e. The van der Waals surface area contributed by atoms with Crippen LogP contribution in [0.2, 0.25) is 0 Å². The molecular weight excluding hydrogens is 238 g/mol. The zero-order chi connectivity index (χ0) is 13.9. The number of esters is 1. The van der Waals surface area contributed by atoms with Gasteiger partial charge in [0.05, 0.1) is 5.56 Å². The summed E-state index contributed by atoms with van der Waals surface area (Å²) in [5.41, 5.74) is -0.270. The van der Waals surface area contributed by atoms with Crippen molar-refractivity contribution in [1.29, 1.82) is 0 Å². The summed E-state index contributed by atoms with van der Waals surface area (Å²) in [7, 11) is 0. The molecule has 0 spiro atoms.